The highest BCUT2D eigenvalue weighted by atomic mass is 16.3. The number of furan rings is 2. The predicted octanol–water partition coefficient (Wildman–Crippen LogP) is 13.6. The van der Waals surface area contributed by atoms with Crippen LogP contribution < -0.4 is 5.32 Å². The fourth-order valence-electron chi connectivity index (χ4n) is 8.79. The third kappa shape index (κ3) is 5.17. The fraction of sp³-hybridized carbons (Fsp3) is 0.0189. The molecular formula is C53H33N3O2. The summed E-state index contributed by atoms with van der Waals surface area (Å²) in [4.78, 5) is 11.0. The van der Waals surface area contributed by atoms with Crippen molar-refractivity contribution in [1.82, 2.24) is 5.32 Å². The molecule has 1 aliphatic rings. The summed E-state index contributed by atoms with van der Waals surface area (Å²) in [5.74, 6) is 1.49. The van der Waals surface area contributed by atoms with E-state index in [1.54, 1.807) is 0 Å². The lowest BCUT2D eigenvalue weighted by atomic mass is 9.92. The van der Waals surface area contributed by atoms with Crippen LogP contribution in [-0.2, 0) is 0 Å². The third-order valence-electron chi connectivity index (χ3n) is 11.5. The smallest absolute Gasteiger partial charge is 0.171 e. The van der Waals surface area contributed by atoms with Crippen LogP contribution in [0.25, 0.3) is 87.7 Å². The topological polar surface area (TPSA) is 63.0 Å². The second-order valence-electron chi connectivity index (χ2n) is 14.9. The van der Waals surface area contributed by atoms with Gasteiger partial charge in [-0.1, -0.05) is 164 Å². The molecule has 3 heterocycles. The second-order valence-corrected chi connectivity index (χ2v) is 14.9. The zero-order chi connectivity index (χ0) is 38.2. The van der Waals surface area contributed by atoms with E-state index in [4.69, 9.17) is 18.8 Å². The van der Waals surface area contributed by atoms with Crippen molar-refractivity contribution in [1.29, 1.82) is 0 Å². The Labute approximate surface area is 333 Å². The Morgan fingerprint density at radius 3 is 1.86 bits per heavy atom. The molecule has 0 saturated heterocycles. The molecule has 0 fully saturated rings. The Kier molecular flexibility index (Phi) is 7.23. The van der Waals surface area contributed by atoms with Crippen molar-refractivity contribution in [3.05, 3.63) is 205 Å². The van der Waals surface area contributed by atoms with Crippen LogP contribution in [-0.4, -0.2) is 11.7 Å². The number of aliphatic imine (C=N–C) groups is 2. The Morgan fingerprint density at radius 1 is 0.379 bits per heavy atom. The lowest BCUT2D eigenvalue weighted by molar-refractivity contribution is 0.666. The van der Waals surface area contributed by atoms with Gasteiger partial charge >= 0.3 is 0 Å². The number of amidine groups is 2. The minimum atomic E-state index is -0.633. The van der Waals surface area contributed by atoms with Gasteiger partial charge in [-0.3, -0.25) is 0 Å². The van der Waals surface area contributed by atoms with Crippen molar-refractivity contribution in [3.63, 3.8) is 0 Å². The summed E-state index contributed by atoms with van der Waals surface area (Å²) in [7, 11) is 0. The van der Waals surface area contributed by atoms with Crippen LogP contribution in [0.1, 0.15) is 22.9 Å². The zero-order valence-corrected chi connectivity index (χ0v) is 31.2. The number of rotatable bonds is 5. The Hall–Kier alpha value is -7.76. The van der Waals surface area contributed by atoms with Crippen LogP contribution in [0.3, 0.4) is 0 Å². The highest BCUT2D eigenvalue weighted by molar-refractivity contribution is 6.22. The number of nitrogens with one attached hydrogen (secondary N) is 1. The number of para-hydroxylation sites is 2. The monoisotopic (exact) mass is 743 g/mol. The summed E-state index contributed by atoms with van der Waals surface area (Å²) >= 11 is 0. The summed E-state index contributed by atoms with van der Waals surface area (Å²) in [5, 5.41) is 12.5. The average molecular weight is 744 g/mol. The van der Waals surface area contributed by atoms with Crippen LogP contribution in [0, 0.1) is 0 Å². The van der Waals surface area contributed by atoms with E-state index in [1.165, 1.54) is 21.7 Å². The van der Waals surface area contributed by atoms with Gasteiger partial charge in [0.15, 0.2) is 6.17 Å². The van der Waals surface area contributed by atoms with Gasteiger partial charge in [-0.2, -0.15) is 0 Å². The average Bonchev–Trinajstić information content (AvgIpc) is 3.88. The van der Waals surface area contributed by atoms with E-state index >= 15 is 0 Å². The number of benzene rings is 9. The van der Waals surface area contributed by atoms with Crippen LogP contribution in [0.5, 0.6) is 0 Å². The standard InChI is InChI=1S/C53H33N3O2/c1-2-11-32(12-3-1)34-21-24-36(25-22-34)51-54-52(38-26-23-33-13-4-5-15-37(33)31-38)56-53(55-51)49-40(28-30-46-48(49)42-17-8-9-20-44(42)57-46)41-18-10-19-43-47-39-16-7-6-14-35(39)27-29-45(47)58-50(41)43/h1-31,53H,(H,54,55,56). The molecule has 0 spiro atoms. The molecule has 9 aromatic carbocycles. The lowest BCUT2D eigenvalue weighted by Gasteiger charge is -2.24. The Bertz CT molecular complexity index is 3480. The van der Waals surface area contributed by atoms with Crippen LogP contribution in [0.2, 0.25) is 0 Å². The highest BCUT2D eigenvalue weighted by Gasteiger charge is 2.29. The normalized spacial score (nSPS) is 14.4. The van der Waals surface area contributed by atoms with Gasteiger partial charge < -0.3 is 14.2 Å². The van der Waals surface area contributed by atoms with Gasteiger partial charge in [0.1, 0.15) is 34.0 Å². The molecule has 0 bridgehead atoms. The molecule has 0 amide bonds. The maximum Gasteiger partial charge on any atom is 0.171 e. The Balaban J connectivity index is 1.12. The van der Waals surface area contributed by atoms with E-state index in [0.717, 1.165) is 94.3 Å². The van der Waals surface area contributed by atoms with E-state index in [1.807, 2.05) is 18.2 Å². The van der Waals surface area contributed by atoms with Crippen molar-refractivity contribution in [2.24, 2.45) is 9.98 Å². The first-order valence-electron chi connectivity index (χ1n) is 19.6. The first-order valence-corrected chi connectivity index (χ1v) is 19.6. The third-order valence-corrected chi connectivity index (χ3v) is 11.5. The molecule has 272 valence electrons. The van der Waals surface area contributed by atoms with E-state index in [-0.39, 0.29) is 0 Å². The van der Waals surface area contributed by atoms with E-state index in [0.29, 0.717) is 0 Å². The number of nitrogens with zero attached hydrogens (tertiary/aromatic N) is 2. The summed E-state index contributed by atoms with van der Waals surface area (Å²) in [6.45, 7) is 0. The maximum absolute atomic E-state index is 6.83. The summed E-state index contributed by atoms with van der Waals surface area (Å²) in [6, 6.07) is 65.6. The number of hydrogen-bond donors (Lipinski definition) is 1. The minimum absolute atomic E-state index is 0.633. The molecule has 1 aliphatic heterocycles. The molecule has 2 aromatic heterocycles. The van der Waals surface area contributed by atoms with Crippen molar-refractivity contribution in [2.45, 2.75) is 6.17 Å². The van der Waals surface area contributed by atoms with Crippen LogP contribution in [0.4, 0.5) is 0 Å². The SMILES string of the molecule is c1ccc(-c2ccc(C3=NC(c4c(-c5cccc6c5oc5ccc7ccccc7c56)ccc5oc6ccccc6c45)N=C(c4ccc5ccccc5c4)N3)cc2)cc1. The first-order chi connectivity index (χ1) is 28.7. The van der Waals surface area contributed by atoms with E-state index < -0.39 is 6.17 Å². The molecule has 58 heavy (non-hydrogen) atoms. The van der Waals surface area contributed by atoms with Gasteiger partial charge in [-0.05, 0) is 62.5 Å². The van der Waals surface area contributed by atoms with E-state index in [2.05, 4.69) is 175 Å². The zero-order valence-electron chi connectivity index (χ0n) is 31.2. The molecule has 0 radical (unpaired) electrons. The van der Waals surface area contributed by atoms with Crippen LogP contribution >= 0.6 is 0 Å². The minimum Gasteiger partial charge on any atom is -0.456 e. The van der Waals surface area contributed by atoms with Crippen molar-refractivity contribution >= 4 is 77.1 Å². The van der Waals surface area contributed by atoms with Crippen LogP contribution in [0.15, 0.2) is 207 Å². The summed E-state index contributed by atoms with van der Waals surface area (Å²) < 4.78 is 13.4. The molecule has 1 atom stereocenters. The van der Waals surface area contributed by atoms with Gasteiger partial charge in [0.05, 0.1) is 0 Å². The largest absolute Gasteiger partial charge is 0.456 e. The molecular weight excluding hydrogens is 711 g/mol. The molecule has 0 aliphatic carbocycles. The lowest BCUT2D eigenvalue weighted by Crippen LogP contribution is -2.36. The van der Waals surface area contributed by atoms with Gasteiger partial charge in [-0.15, -0.1) is 0 Å². The molecule has 1 unspecified atom stereocenters. The molecule has 11 aromatic rings. The van der Waals surface area contributed by atoms with Gasteiger partial charge in [0, 0.05) is 43.8 Å². The Morgan fingerprint density at radius 2 is 1.00 bits per heavy atom. The molecule has 5 nitrogen and oxygen atoms in total. The summed E-state index contributed by atoms with van der Waals surface area (Å²) in [5.41, 5.74) is 10.5. The van der Waals surface area contributed by atoms with Gasteiger partial charge in [-0.25, -0.2) is 9.98 Å². The maximum atomic E-state index is 6.83. The fourth-order valence-corrected chi connectivity index (χ4v) is 8.79. The quantitative estimate of drug-likeness (QED) is 0.191. The number of fused-ring (bicyclic) bond motifs is 9. The summed E-state index contributed by atoms with van der Waals surface area (Å²) in [6.07, 6.45) is -0.633. The van der Waals surface area contributed by atoms with E-state index in [9.17, 15) is 0 Å². The number of hydrogen-bond acceptors (Lipinski definition) is 5. The highest BCUT2D eigenvalue weighted by Crippen LogP contribution is 2.46. The molecule has 5 heteroatoms. The predicted molar refractivity (Wildman–Crippen MR) is 239 cm³/mol. The molecule has 1 N–H and O–H groups in total. The second kappa shape index (κ2) is 12.9. The van der Waals surface area contributed by atoms with Crippen molar-refractivity contribution in [3.8, 4) is 22.3 Å². The molecule has 0 saturated carbocycles. The van der Waals surface area contributed by atoms with Crippen molar-refractivity contribution < 1.29 is 8.83 Å². The first kappa shape index (κ1) is 32.5. The van der Waals surface area contributed by atoms with Gasteiger partial charge in [0.2, 0.25) is 0 Å². The van der Waals surface area contributed by atoms with Crippen molar-refractivity contribution in [2.75, 3.05) is 0 Å². The van der Waals surface area contributed by atoms with Gasteiger partial charge in [0.25, 0.3) is 0 Å². The molecule has 12 rings (SSSR count).